The average Bonchev–Trinajstić information content (AvgIpc) is 1.63. The summed E-state index contributed by atoms with van der Waals surface area (Å²) in [5, 5.41) is 9.57. The fourth-order valence-corrected chi connectivity index (χ4v) is 0.336. The topological polar surface area (TPSA) is 100 Å². The van der Waals surface area contributed by atoms with E-state index in [0.29, 0.717) is 6.54 Å². The van der Waals surface area contributed by atoms with Gasteiger partial charge < -0.3 is 16.8 Å². The first-order valence-electron chi connectivity index (χ1n) is 2.59. The van der Waals surface area contributed by atoms with Crippen LogP contribution >= 0.6 is 12.4 Å². The number of hydrogen-bond donors (Lipinski definition) is 4. The molecular weight excluding hydrogens is 154 g/mol. The Bertz CT molecular complexity index is 128. The lowest BCUT2D eigenvalue weighted by Crippen LogP contribution is -2.28. The number of aliphatic imine (C=N–C) groups is 1. The normalized spacial score (nSPS) is 7.30. The minimum atomic E-state index is -0.0963. The van der Waals surface area contributed by atoms with Gasteiger partial charge in [-0.3, -0.25) is 5.41 Å². The molecule has 0 amide bonds. The van der Waals surface area contributed by atoms with Crippen molar-refractivity contribution in [3.8, 4) is 0 Å². The largest absolute Gasteiger partial charge is 0.370 e. The highest BCUT2D eigenvalue weighted by molar-refractivity contribution is 5.91. The van der Waals surface area contributed by atoms with Gasteiger partial charge in [0.05, 0.1) is 0 Å². The molecule has 0 radical (unpaired) electrons. The van der Waals surface area contributed by atoms with E-state index >= 15 is 0 Å². The van der Waals surface area contributed by atoms with Gasteiger partial charge in [0.1, 0.15) is 0 Å². The predicted molar refractivity (Wildman–Crippen MR) is 44.5 cm³/mol. The highest BCUT2D eigenvalue weighted by Gasteiger charge is 1.86. The van der Waals surface area contributed by atoms with Crippen LogP contribution in [0.15, 0.2) is 4.99 Å². The number of guanidine groups is 2. The van der Waals surface area contributed by atoms with Gasteiger partial charge >= 0.3 is 0 Å². The molecule has 0 saturated heterocycles. The molecule has 6 N–H and O–H groups in total. The van der Waals surface area contributed by atoms with Crippen LogP contribution in [0.5, 0.6) is 0 Å². The summed E-state index contributed by atoms with van der Waals surface area (Å²) < 4.78 is 0. The van der Waals surface area contributed by atoms with Crippen molar-refractivity contribution >= 4 is 24.3 Å². The van der Waals surface area contributed by atoms with E-state index in [1.807, 2.05) is 6.92 Å². The maximum Gasteiger partial charge on any atom is 0.218 e. The maximum absolute atomic E-state index is 6.96. The zero-order chi connectivity index (χ0) is 7.28. The second-order valence-electron chi connectivity index (χ2n) is 1.42. The van der Waals surface area contributed by atoms with Crippen LogP contribution in [0.4, 0.5) is 0 Å². The van der Waals surface area contributed by atoms with Gasteiger partial charge in [-0.15, -0.1) is 12.4 Å². The highest BCUT2D eigenvalue weighted by atomic mass is 35.5. The molecule has 0 aliphatic heterocycles. The SMILES string of the molecule is CCNC(=N)N=C(N)N.Cl. The summed E-state index contributed by atoms with van der Waals surface area (Å²) in [5.41, 5.74) is 9.94. The average molecular weight is 166 g/mol. The first-order valence-corrected chi connectivity index (χ1v) is 2.59. The number of nitrogens with two attached hydrogens (primary N) is 2. The molecule has 0 fully saturated rings. The van der Waals surface area contributed by atoms with E-state index in [-0.39, 0.29) is 24.3 Å². The van der Waals surface area contributed by atoms with Crippen molar-refractivity contribution < 1.29 is 0 Å². The minimum absolute atomic E-state index is 0. The molecule has 0 saturated carbocycles. The van der Waals surface area contributed by atoms with Crippen molar-refractivity contribution in [2.45, 2.75) is 6.92 Å². The van der Waals surface area contributed by atoms with E-state index in [1.165, 1.54) is 0 Å². The van der Waals surface area contributed by atoms with Crippen molar-refractivity contribution in [1.82, 2.24) is 5.32 Å². The molecule has 0 bridgehead atoms. The van der Waals surface area contributed by atoms with Crippen molar-refractivity contribution in [2.24, 2.45) is 16.5 Å². The second-order valence-corrected chi connectivity index (χ2v) is 1.42. The van der Waals surface area contributed by atoms with Crippen LogP contribution in [0, 0.1) is 5.41 Å². The van der Waals surface area contributed by atoms with Crippen LogP contribution in [-0.2, 0) is 0 Å². The third kappa shape index (κ3) is 7.03. The number of hydrogen-bond acceptors (Lipinski definition) is 1. The fraction of sp³-hybridized carbons (Fsp3) is 0.500. The Morgan fingerprint density at radius 3 is 2.40 bits per heavy atom. The highest BCUT2D eigenvalue weighted by Crippen LogP contribution is 1.66. The maximum atomic E-state index is 6.96. The minimum Gasteiger partial charge on any atom is -0.370 e. The molecule has 0 atom stereocenters. The Morgan fingerprint density at radius 1 is 1.60 bits per heavy atom. The third-order valence-corrected chi connectivity index (χ3v) is 0.585. The van der Waals surface area contributed by atoms with Crippen LogP contribution in [0.2, 0.25) is 0 Å². The van der Waals surface area contributed by atoms with Crippen LogP contribution in [0.3, 0.4) is 0 Å². The van der Waals surface area contributed by atoms with Crippen LogP contribution in [0.25, 0.3) is 0 Å². The molecular formula is C4H12ClN5. The number of halogens is 1. The van der Waals surface area contributed by atoms with E-state index in [0.717, 1.165) is 0 Å². The number of nitrogens with zero attached hydrogens (tertiary/aromatic N) is 1. The molecule has 0 aromatic carbocycles. The summed E-state index contributed by atoms with van der Waals surface area (Å²) in [4.78, 5) is 3.41. The molecule has 0 heterocycles. The quantitative estimate of drug-likeness (QED) is 0.303. The molecule has 0 aliphatic rings. The number of rotatable bonds is 1. The molecule has 0 aromatic rings. The Balaban J connectivity index is 0. The molecule has 0 aromatic heterocycles. The number of nitrogens with one attached hydrogen (secondary N) is 2. The summed E-state index contributed by atoms with van der Waals surface area (Å²) in [6.07, 6.45) is 0. The molecule has 6 heteroatoms. The van der Waals surface area contributed by atoms with Gasteiger partial charge in [0.15, 0.2) is 5.96 Å². The lowest BCUT2D eigenvalue weighted by atomic mass is 10.7. The summed E-state index contributed by atoms with van der Waals surface area (Å²) in [7, 11) is 0. The van der Waals surface area contributed by atoms with Crippen molar-refractivity contribution in [1.29, 1.82) is 5.41 Å². The molecule has 60 valence electrons. The Kier molecular flexibility index (Phi) is 7.25. The van der Waals surface area contributed by atoms with E-state index in [9.17, 15) is 0 Å². The molecule has 5 nitrogen and oxygen atoms in total. The van der Waals surface area contributed by atoms with Gasteiger partial charge in [-0.1, -0.05) is 0 Å². The third-order valence-electron chi connectivity index (χ3n) is 0.585. The van der Waals surface area contributed by atoms with Crippen molar-refractivity contribution in [3.05, 3.63) is 0 Å². The fourth-order valence-electron chi connectivity index (χ4n) is 0.336. The monoisotopic (exact) mass is 165 g/mol. The van der Waals surface area contributed by atoms with Gasteiger partial charge in [0.25, 0.3) is 0 Å². The van der Waals surface area contributed by atoms with E-state index < -0.39 is 0 Å². The molecule has 0 spiro atoms. The molecule has 0 unspecified atom stereocenters. The Hall–Kier alpha value is -0.970. The summed E-state index contributed by atoms with van der Waals surface area (Å²) in [5.74, 6) is -0.0987. The van der Waals surface area contributed by atoms with Gasteiger partial charge in [0.2, 0.25) is 5.96 Å². The zero-order valence-corrected chi connectivity index (χ0v) is 6.53. The lowest BCUT2D eigenvalue weighted by molar-refractivity contribution is 0.944. The van der Waals surface area contributed by atoms with E-state index in [4.69, 9.17) is 16.9 Å². The van der Waals surface area contributed by atoms with Crippen molar-refractivity contribution in [2.75, 3.05) is 6.54 Å². The van der Waals surface area contributed by atoms with Gasteiger partial charge in [0, 0.05) is 6.54 Å². The lowest BCUT2D eigenvalue weighted by Gasteiger charge is -1.96. The van der Waals surface area contributed by atoms with Gasteiger partial charge in [-0.25, -0.2) is 0 Å². The molecule has 10 heavy (non-hydrogen) atoms. The van der Waals surface area contributed by atoms with E-state index in [2.05, 4.69) is 10.3 Å². The van der Waals surface area contributed by atoms with Crippen LogP contribution in [0.1, 0.15) is 6.92 Å². The van der Waals surface area contributed by atoms with Crippen LogP contribution < -0.4 is 16.8 Å². The van der Waals surface area contributed by atoms with Crippen molar-refractivity contribution in [3.63, 3.8) is 0 Å². The van der Waals surface area contributed by atoms with Crippen LogP contribution in [-0.4, -0.2) is 18.5 Å². The first kappa shape index (κ1) is 11.8. The standard InChI is InChI=1S/C4H11N5.ClH/c1-2-8-4(7)9-3(5)6;/h2H2,1H3,(H6,5,6,7,8,9);1H. The summed E-state index contributed by atoms with van der Waals surface area (Å²) >= 11 is 0. The Morgan fingerprint density at radius 2 is 2.10 bits per heavy atom. The van der Waals surface area contributed by atoms with Gasteiger partial charge in [-0.05, 0) is 6.92 Å². The molecule has 0 aliphatic carbocycles. The summed E-state index contributed by atoms with van der Waals surface area (Å²) in [6.45, 7) is 2.51. The smallest absolute Gasteiger partial charge is 0.218 e. The molecule has 0 rings (SSSR count). The predicted octanol–water partition coefficient (Wildman–Crippen LogP) is -0.774. The Labute approximate surface area is 65.8 Å². The van der Waals surface area contributed by atoms with E-state index in [1.54, 1.807) is 0 Å². The summed E-state index contributed by atoms with van der Waals surface area (Å²) in [6, 6.07) is 0. The second kappa shape index (κ2) is 6.15. The first-order chi connectivity index (χ1) is 4.16. The van der Waals surface area contributed by atoms with Gasteiger partial charge in [-0.2, -0.15) is 4.99 Å². The zero-order valence-electron chi connectivity index (χ0n) is 5.72.